The predicted octanol–water partition coefficient (Wildman–Crippen LogP) is 4.08. The van der Waals surface area contributed by atoms with E-state index in [2.05, 4.69) is 0 Å². The zero-order valence-corrected chi connectivity index (χ0v) is 26.7. The molecule has 0 radical (unpaired) electrons. The largest absolute Gasteiger partial charge is 0.472 e. The van der Waals surface area contributed by atoms with Crippen molar-refractivity contribution in [1.29, 1.82) is 0 Å². The zero-order chi connectivity index (χ0) is 32.9. The van der Waals surface area contributed by atoms with Crippen LogP contribution in [0, 0.1) is 28.1 Å². The van der Waals surface area contributed by atoms with Crippen LogP contribution >= 0.6 is 0 Å². The van der Waals surface area contributed by atoms with Crippen molar-refractivity contribution in [1.82, 2.24) is 0 Å². The van der Waals surface area contributed by atoms with Crippen LogP contribution in [0.3, 0.4) is 0 Å². The maximum absolute atomic E-state index is 15.1. The molecule has 11 heteroatoms. The van der Waals surface area contributed by atoms with Crippen molar-refractivity contribution in [3.05, 3.63) is 47.0 Å². The van der Waals surface area contributed by atoms with Crippen molar-refractivity contribution < 1.29 is 52.4 Å². The molecule has 4 aliphatic carbocycles. The number of ketones is 1. The van der Waals surface area contributed by atoms with Crippen LogP contribution in [-0.4, -0.2) is 59.2 Å². The normalized spacial score (nSPS) is 41.6. The first kappa shape index (κ1) is 31.3. The smallest absolute Gasteiger partial charge is 0.334 e. The number of carbonyl (C=O) groups excluding carboxylic acids is 5. The molecule has 3 saturated carbocycles. The molecule has 0 amide bonds. The number of hydrogen-bond acceptors (Lipinski definition) is 11. The zero-order valence-electron chi connectivity index (χ0n) is 26.7. The average molecular weight is 625 g/mol. The van der Waals surface area contributed by atoms with Crippen LogP contribution in [0.2, 0.25) is 0 Å². The fraction of sp³-hybridized carbons (Fsp3) is 0.618. The standard InChI is InChI=1S/C34H40O11/c1-8-17(2)28(39)45-33-16-31(5)22(14-23(36)41-7)32(33,6)20-9-11-30(4)21(13-24(37)44-27(30)19-10-12-42-15-19)25(20)26(38)34(33,40)29(31)43-18(3)35/h8,10,12,15,20,22,27,29,40H,9,11,13-14,16H2,1-7H3/t20-,22-,27-,29-,30+,31-,32+,33+,34+/m0/s1. The molecule has 11 nitrogen and oxygen atoms in total. The summed E-state index contributed by atoms with van der Waals surface area (Å²) in [5.74, 6) is -4.53. The Morgan fingerprint density at radius 1 is 1.16 bits per heavy atom. The van der Waals surface area contributed by atoms with E-state index in [1.54, 1.807) is 32.9 Å². The fourth-order valence-corrected chi connectivity index (χ4v) is 10.1. The van der Waals surface area contributed by atoms with Gasteiger partial charge in [-0.1, -0.05) is 26.8 Å². The number of methoxy groups -OCH3 is 1. The highest BCUT2D eigenvalue weighted by atomic mass is 16.6. The van der Waals surface area contributed by atoms with Crippen molar-refractivity contribution >= 4 is 29.7 Å². The molecule has 1 aliphatic heterocycles. The van der Waals surface area contributed by atoms with Crippen LogP contribution in [0.5, 0.6) is 0 Å². The van der Waals surface area contributed by atoms with Gasteiger partial charge in [0.25, 0.3) is 0 Å². The van der Waals surface area contributed by atoms with Gasteiger partial charge in [-0.3, -0.25) is 19.2 Å². The number of hydrogen-bond donors (Lipinski definition) is 1. The molecule has 242 valence electrons. The summed E-state index contributed by atoms with van der Waals surface area (Å²) in [6, 6.07) is 1.71. The number of Topliss-reactive ketones (excluding diaryl/α,β-unsaturated/α-hetero) is 1. The number of carbonyl (C=O) groups is 5. The van der Waals surface area contributed by atoms with E-state index >= 15 is 4.79 Å². The third kappa shape index (κ3) is 3.70. The molecule has 1 aromatic heterocycles. The highest BCUT2D eigenvalue weighted by Gasteiger charge is 2.92. The molecule has 0 aromatic carbocycles. The van der Waals surface area contributed by atoms with Gasteiger partial charge in [-0.2, -0.15) is 0 Å². The van der Waals surface area contributed by atoms with Gasteiger partial charge in [-0.05, 0) is 50.2 Å². The minimum Gasteiger partial charge on any atom is -0.472 e. The highest BCUT2D eigenvalue weighted by Crippen LogP contribution is 2.81. The summed E-state index contributed by atoms with van der Waals surface area (Å²) in [4.78, 5) is 67.6. The summed E-state index contributed by atoms with van der Waals surface area (Å²) in [7, 11) is 1.28. The Kier molecular flexibility index (Phi) is 6.87. The third-order valence-electron chi connectivity index (χ3n) is 12.1. The molecule has 2 bridgehead atoms. The lowest BCUT2D eigenvalue weighted by Gasteiger charge is -2.66. The number of aliphatic hydroxyl groups is 1. The number of esters is 4. The van der Waals surface area contributed by atoms with Crippen molar-refractivity contribution in [2.45, 2.75) is 97.1 Å². The first-order valence-corrected chi connectivity index (χ1v) is 15.4. The second-order valence-electron chi connectivity index (χ2n) is 14.1. The molecule has 5 aliphatic rings. The summed E-state index contributed by atoms with van der Waals surface area (Å²) >= 11 is 0. The Labute approximate surface area is 261 Å². The molecular weight excluding hydrogens is 584 g/mol. The molecule has 6 rings (SSSR count). The highest BCUT2D eigenvalue weighted by molar-refractivity contribution is 6.08. The monoisotopic (exact) mass is 624 g/mol. The molecule has 4 fully saturated rings. The van der Waals surface area contributed by atoms with E-state index in [1.807, 2.05) is 13.8 Å². The van der Waals surface area contributed by atoms with Gasteiger partial charge in [-0.25, -0.2) is 4.79 Å². The molecule has 9 atom stereocenters. The van der Waals surface area contributed by atoms with Gasteiger partial charge in [0.05, 0.1) is 26.1 Å². The number of fused-ring (bicyclic) bond motifs is 4. The Balaban J connectivity index is 1.66. The van der Waals surface area contributed by atoms with E-state index in [4.69, 9.17) is 23.4 Å². The second kappa shape index (κ2) is 9.88. The average Bonchev–Trinajstić information content (AvgIpc) is 3.64. The summed E-state index contributed by atoms with van der Waals surface area (Å²) in [6.07, 6.45) is 2.91. The van der Waals surface area contributed by atoms with E-state index in [9.17, 15) is 24.3 Å². The molecule has 0 unspecified atom stereocenters. The quantitative estimate of drug-likeness (QED) is 0.276. The predicted molar refractivity (Wildman–Crippen MR) is 155 cm³/mol. The van der Waals surface area contributed by atoms with Crippen LogP contribution in [-0.2, 0) is 42.9 Å². The molecule has 1 N–H and O–H groups in total. The van der Waals surface area contributed by atoms with Gasteiger partial charge in [0.2, 0.25) is 5.60 Å². The summed E-state index contributed by atoms with van der Waals surface area (Å²) in [5, 5.41) is 13.0. The molecular formula is C34H40O11. The maximum Gasteiger partial charge on any atom is 0.334 e. The van der Waals surface area contributed by atoms with Crippen LogP contribution in [0.15, 0.2) is 45.8 Å². The van der Waals surface area contributed by atoms with Gasteiger partial charge in [0.15, 0.2) is 11.4 Å². The Morgan fingerprint density at radius 2 is 1.87 bits per heavy atom. The van der Waals surface area contributed by atoms with E-state index in [0.29, 0.717) is 24.0 Å². The van der Waals surface area contributed by atoms with Crippen LogP contribution in [0.4, 0.5) is 0 Å². The lowest BCUT2D eigenvalue weighted by atomic mass is 9.41. The van der Waals surface area contributed by atoms with Gasteiger partial charge in [-0.15, -0.1) is 0 Å². The van der Waals surface area contributed by atoms with E-state index in [0.717, 1.165) is 0 Å². The van der Waals surface area contributed by atoms with Gasteiger partial charge in [0.1, 0.15) is 12.2 Å². The topological polar surface area (TPSA) is 156 Å². The van der Waals surface area contributed by atoms with Crippen molar-refractivity contribution in [3.63, 3.8) is 0 Å². The first-order valence-electron chi connectivity index (χ1n) is 15.4. The number of allylic oxidation sites excluding steroid dienone is 1. The number of rotatable bonds is 6. The molecule has 1 saturated heterocycles. The number of furan rings is 1. The van der Waals surface area contributed by atoms with E-state index in [-0.39, 0.29) is 30.4 Å². The van der Waals surface area contributed by atoms with Crippen molar-refractivity contribution in [2.24, 2.45) is 28.1 Å². The third-order valence-corrected chi connectivity index (χ3v) is 12.1. The van der Waals surface area contributed by atoms with Crippen LogP contribution in [0.1, 0.15) is 85.3 Å². The first-order chi connectivity index (χ1) is 21.1. The number of cyclic esters (lactones) is 1. The fourth-order valence-electron chi connectivity index (χ4n) is 10.1. The van der Waals surface area contributed by atoms with Crippen LogP contribution in [0.25, 0.3) is 0 Å². The van der Waals surface area contributed by atoms with Gasteiger partial charge >= 0.3 is 23.9 Å². The van der Waals surface area contributed by atoms with Crippen molar-refractivity contribution in [2.75, 3.05) is 7.11 Å². The Bertz CT molecular complexity index is 1570. The molecule has 0 spiro atoms. The summed E-state index contributed by atoms with van der Waals surface area (Å²) in [5.41, 5.74) is -5.89. The lowest BCUT2D eigenvalue weighted by molar-refractivity contribution is -0.277. The van der Waals surface area contributed by atoms with E-state index in [1.165, 1.54) is 26.6 Å². The van der Waals surface area contributed by atoms with Crippen LogP contribution < -0.4 is 0 Å². The molecule has 2 heterocycles. The van der Waals surface area contributed by atoms with Crippen molar-refractivity contribution in [3.8, 4) is 0 Å². The number of ether oxygens (including phenoxy) is 4. The summed E-state index contributed by atoms with van der Waals surface area (Å²) < 4.78 is 28.5. The Hall–Kier alpha value is -3.73. The maximum atomic E-state index is 15.1. The minimum atomic E-state index is -2.51. The lowest BCUT2D eigenvalue weighted by Crippen LogP contribution is -2.79. The minimum absolute atomic E-state index is 0.0306. The second-order valence-corrected chi connectivity index (χ2v) is 14.1. The summed E-state index contributed by atoms with van der Waals surface area (Å²) in [6.45, 7) is 9.99. The molecule has 1 aromatic rings. The van der Waals surface area contributed by atoms with Gasteiger partial charge < -0.3 is 28.5 Å². The van der Waals surface area contributed by atoms with E-state index < -0.39 is 81.2 Å². The Morgan fingerprint density at radius 3 is 2.47 bits per heavy atom. The van der Waals surface area contributed by atoms with Gasteiger partial charge in [0, 0.05) is 52.7 Å². The molecule has 45 heavy (non-hydrogen) atoms. The SMILES string of the molecule is CC=C(C)C(=O)O[C@]12C[C@@]3(C)[C@H](CC(=O)OC)[C@@]1(C)[C@H]1CC[C@]4(C)C(=C1C(=O)[C@@]2(O)[C@H]3OC(C)=O)CC(=O)O[C@H]4c1ccoc1.